The van der Waals surface area contributed by atoms with E-state index in [2.05, 4.69) is 14.7 Å². The molecule has 1 fully saturated rings. The van der Waals surface area contributed by atoms with E-state index in [1.807, 2.05) is 0 Å². The fourth-order valence-electron chi connectivity index (χ4n) is 2.85. The molecular weight excluding hydrogens is 408 g/mol. The molecule has 0 saturated carbocycles. The highest BCUT2D eigenvalue weighted by Crippen LogP contribution is 2.29. The number of halogens is 6. The van der Waals surface area contributed by atoms with Crippen molar-refractivity contribution in [1.29, 1.82) is 0 Å². The smallest absolute Gasteiger partial charge is 0.381 e. The van der Waals surface area contributed by atoms with E-state index in [0.717, 1.165) is 0 Å². The molecule has 1 aliphatic heterocycles. The summed E-state index contributed by atoms with van der Waals surface area (Å²) in [6, 6.07) is 5.46. The van der Waals surface area contributed by atoms with Gasteiger partial charge in [-0.3, -0.25) is 4.79 Å². The van der Waals surface area contributed by atoms with E-state index in [9.17, 15) is 31.1 Å². The Hall–Kier alpha value is -2.63. The molecule has 2 aromatic rings. The Balaban J connectivity index is 1.74. The molecule has 1 aromatic heterocycles. The van der Waals surface area contributed by atoms with E-state index in [-0.39, 0.29) is 24.5 Å². The van der Waals surface area contributed by atoms with Crippen LogP contribution in [0.3, 0.4) is 0 Å². The van der Waals surface area contributed by atoms with Crippen LogP contribution < -0.4 is 0 Å². The van der Waals surface area contributed by atoms with Crippen molar-refractivity contribution < 1.29 is 40.4 Å². The van der Waals surface area contributed by atoms with Crippen LogP contribution in [-0.2, 0) is 22.3 Å². The number of benzene rings is 1. The molecule has 6 nitrogen and oxygen atoms in total. The number of hydrogen-bond donors (Lipinski definition) is 0. The second-order valence-electron chi connectivity index (χ2n) is 6.49. The summed E-state index contributed by atoms with van der Waals surface area (Å²) in [4.78, 5) is 16.4. The summed E-state index contributed by atoms with van der Waals surface area (Å²) in [5, 5.41) is 3.24. The highest BCUT2D eigenvalue weighted by molar-refractivity contribution is 5.79. The van der Waals surface area contributed by atoms with Crippen LogP contribution in [0.1, 0.15) is 17.9 Å². The van der Waals surface area contributed by atoms with Crippen molar-refractivity contribution in [3.8, 4) is 11.4 Å². The van der Waals surface area contributed by atoms with Gasteiger partial charge in [0, 0.05) is 18.7 Å². The highest BCUT2D eigenvalue weighted by atomic mass is 19.4. The van der Waals surface area contributed by atoms with E-state index in [4.69, 9.17) is 4.74 Å². The number of carbonyl (C=O) groups is 1. The van der Waals surface area contributed by atoms with E-state index >= 15 is 0 Å². The van der Waals surface area contributed by atoms with Crippen molar-refractivity contribution in [3.63, 3.8) is 0 Å². The van der Waals surface area contributed by atoms with Crippen LogP contribution in [0.5, 0.6) is 0 Å². The summed E-state index contributed by atoms with van der Waals surface area (Å²) >= 11 is 0. The van der Waals surface area contributed by atoms with Crippen LogP contribution >= 0.6 is 0 Å². The van der Waals surface area contributed by atoms with Crippen LogP contribution in [0.25, 0.3) is 11.4 Å². The topological polar surface area (TPSA) is 68.5 Å². The van der Waals surface area contributed by atoms with Gasteiger partial charge in [0.25, 0.3) is 0 Å². The number of carbonyl (C=O) groups excluding carboxylic acids is 1. The first-order chi connectivity index (χ1) is 13.5. The summed E-state index contributed by atoms with van der Waals surface area (Å²) in [5.74, 6) is -3.10. The molecular formula is C17H15F6N3O3. The minimum absolute atomic E-state index is 0.0749. The normalized spacial score (nSPS) is 17.5. The van der Waals surface area contributed by atoms with Crippen LogP contribution in [0.4, 0.5) is 26.3 Å². The Kier molecular flexibility index (Phi) is 5.82. The molecule has 1 aromatic carbocycles. The zero-order chi connectivity index (χ0) is 21.2. The van der Waals surface area contributed by atoms with Gasteiger partial charge in [-0.15, -0.1) is 0 Å². The first-order valence-electron chi connectivity index (χ1n) is 8.46. The molecule has 2 heterocycles. The van der Waals surface area contributed by atoms with E-state index in [1.165, 1.54) is 24.3 Å². The maximum absolute atomic E-state index is 12.9. The maximum Gasteiger partial charge on any atom is 0.471 e. The first-order valence-corrected chi connectivity index (χ1v) is 8.46. The number of rotatable bonds is 5. The molecule has 1 saturated heterocycles. The molecule has 158 valence electrons. The lowest BCUT2D eigenvalue weighted by atomic mass is 10.1. The Morgan fingerprint density at radius 3 is 2.34 bits per heavy atom. The Morgan fingerprint density at radius 1 is 1.14 bits per heavy atom. The average Bonchev–Trinajstić information content (AvgIpc) is 3.31. The quantitative estimate of drug-likeness (QED) is 0.687. The highest BCUT2D eigenvalue weighted by Gasteiger charge is 2.39. The van der Waals surface area contributed by atoms with Gasteiger partial charge in [-0.25, -0.2) is 0 Å². The lowest BCUT2D eigenvalue weighted by Crippen LogP contribution is -2.41. The number of alkyl halides is 6. The molecule has 3 rings (SSSR count). The van der Waals surface area contributed by atoms with Gasteiger partial charge in [0.1, 0.15) is 6.54 Å². The number of hydrogen-bond acceptors (Lipinski definition) is 5. The third kappa shape index (κ3) is 5.46. The maximum atomic E-state index is 12.9. The van der Waals surface area contributed by atoms with E-state index < -0.39 is 36.6 Å². The summed E-state index contributed by atoms with van der Waals surface area (Å²) in [7, 11) is 0. The third-order valence-electron chi connectivity index (χ3n) is 4.21. The van der Waals surface area contributed by atoms with Gasteiger partial charge in [-0.2, -0.15) is 31.3 Å². The average molecular weight is 423 g/mol. The fraction of sp³-hybridized carbons (Fsp3) is 0.471. The van der Waals surface area contributed by atoms with Crippen molar-refractivity contribution in [1.82, 2.24) is 15.0 Å². The number of nitrogens with zero attached hydrogens (tertiary/aromatic N) is 3. The minimum atomic E-state index is -4.78. The molecule has 12 heteroatoms. The molecule has 1 atom stereocenters. The zero-order valence-electron chi connectivity index (χ0n) is 14.8. The van der Waals surface area contributed by atoms with E-state index in [1.54, 1.807) is 0 Å². The molecule has 0 aliphatic carbocycles. The van der Waals surface area contributed by atoms with Crippen molar-refractivity contribution in [3.05, 3.63) is 35.7 Å². The summed E-state index contributed by atoms with van der Waals surface area (Å²) in [6.07, 6.45) is -9.01. The van der Waals surface area contributed by atoms with Crippen LogP contribution in [-0.4, -0.2) is 46.9 Å². The molecule has 0 spiro atoms. The Labute approximate surface area is 160 Å². The second-order valence-corrected chi connectivity index (χ2v) is 6.49. The van der Waals surface area contributed by atoms with Crippen LogP contribution in [0, 0.1) is 5.92 Å². The van der Waals surface area contributed by atoms with Crippen LogP contribution in [0.15, 0.2) is 28.8 Å². The van der Waals surface area contributed by atoms with Gasteiger partial charge in [-0.1, -0.05) is 29.4 Å². The van der Waals surface area contributed by atoms with Crippen molar-refractivity contribution in [2.45, 2.75) is 25.3 Å². The van der Waals surface area contributed by atoms with Crippen molar-refractivity contribution >= 4 is 5.91 Å². The largest absolute Gasteiger partial charge is 0.471 e. The Morgan fingerprint density at radius 2 is 1.83 bits per heavy atom. The second kappa shape index (κ2) is 8.01. The van der Waals surface area contributed by atoms with Gasteiger partial charge in [-0.05, 0) is 12.0 Å². The minimum Gasteiger partial charge on any atom is -0.381 e. The third-order valence-corrected chi connectivity index (χ3v) is 4.21. The first kappa shape index (κ1) is 21.1. The molecule has 1 aliphatic rings. The summed E-state index contributed by atoms with van der Waals surface area (Å²) in [5.41, 5.74) is 0.552. The molecule has 1 unspecified atom stereocenters. The van der Waals surface area contributed by atoms with E-state index in [0.29, 0.717) is 23.5 Å². The van der Waals surface area contributed by atoms with Gasteiger partial charge >= 0.3 is 18.2 Å². The predicted octanol–water partition coefficient (Wildman–Crippen LogP) is 3.68. The van der Waals surface area contributed by atoms with Crippen LogP contribution in [0.2, 0.25) is 0 Å². The molecule has 1 amide bonds. The van der Waals surface area contributed by atoms with Crippen molar-refractivity contribution in [2.75, 3.05) is 19.8 Å². The SMILES string of the molecule is O=C(C1CCOC1)N(Cc1ccc(-c2noc(C(F)(F)F)n2)cc1)CC(F)(F)F. The molecule has 0 N–H and O–H groups in total. The van der Waals surface area contributed by atoms with Gasteiger partial charge in [0.05, 0.1) is 12.5 Å². The summed E-state index contributed by atoms with van der Waals surface area (Å²) < 4.78 is 85.5. The number of ether oxygens (including phenoxy) is 1. The lowest BCUT2D eigenvalue weighted by molar-refractivity contribution is -0.165. The standard InChI is InChI=1S/C17H15F6N3O3/c18-16(19,20)9-26(14(27)12-5-6-28-8-12)7-10-1-3-11(4-2-10)13-24-15(29-25-13)17(21,22)23/h1-4,12H,5-9H2. The molecule has 0 radical (unpaired) electrons. The van der Waals surface area contributed by atoms with Gasteiger partial charge < -0.3 is 14.2 Å². The molecule has 29 heavy (non-hydrogen) atoms. The number of aromatic nitrogens is 2. The Bertz CT molecular complexity index is 841. The van der Waals surface area contributed by atoms with Gasteiger partial charge in [0.15, 0.2) is 0 Å². The van der Waals surface area contributed by atoms with Gasteiger partial charge in [0.2, 0.25) is 11.7 Å². The lowest BCUT2D eigenvalue weighted by Gasteiger charge is -2.26. The number of amides is 1. The zero-order valence-corrected chi connectivity index (χ0v) is 14.8. The van der Waals surface area contributed by atoms with Crippen molar-refractivity contribution in [2.24, 2.45) is 5.92 Å². The monoisotopic (exact) mass is 423 g/mol. The predicted molar refractivity (Wildman–Crippen MR) is 85.1 cm³/mol. The summed E-state index contributed by atoms with van der Waals surface area (Å²) in [6.45, 7) is -1.33. The fourth-order valence-corrected chi connectivity index (χ4v) is 2.85. The molecule has 0 bridgehead atoms.